The summed E-state index contributed by atoms with van der Waals surface area (Å²) in [4.78, 5) is 0. The van der Waals surface area contributed by atoms with E-state index in [1.54, 1.807) is 12.1 Å². The van der Waals surface area contributed by atoms with E-state index in [0.717, 1.165) is 18.4 Å². The summed E-state index contributed by atoms with van der Waals surface area (Å²) in [5, 5.41) is 3.49. The largest absolute Gasteiger partial charge is 0.307 e. The Morgan fingerprint density at radius 1 is 1.38 bits per heavy atom. The van der Waals surface area contributed by atoms with Gasteiger partial charge in [0, 0.05) is 25.2 Å². The summed E-state index contributed by atoms with van der Waals surface area (Å²) in [7, 11) is -3.08. The van der Waals surface area contributed by atoms with Gasteiger partial charge in [-0.1, -0.05) is 6.07 Å². The summed E-state index contributed by atoms with van der Waals surface area (Å²) in [6.45, 7) is 3.13. The quantitative estimate of drug-likeness (QED) is 0.875. The maximum absolute atomic E-state index is 13.2. The Balaban J connectivity index is 1.92. The van der Waals surface area contributed by atoms with Gasteiger partial charge in [-0.2, -0.15) is 0 Å². The molecule has 0 spiro atoms. The fraction of sp³-hybridized carbons (Fsp3) is 0.571. The highest BCUT2D eigenvalue weighted by Crippen LogP contribution is 2.23. The lowest BCUT2D eigenvalue weighted by Crippen LogP contribution is -2.45. The van der Waals surface area contributed by atoms with Crippen molar-refractivity contribution >= 4 is 26.0 Å². The predicted octanol–water partition coefficient (Wildman–Crippen LogP) is 2.66. The van der Waals surface area contributed by atoms with E-state index in [9.17, 15) is 12.8 Å². The van der Waals surface area contributed by atoms with Crippen LogP contribution in [0.2, 0.25) is 0 Å². The van der Waals surface area contributed by atoms with Gasteiger partial charge in [0.05, 0.1) is 10.7 Å². The molecule has 118 valence electrons. The number of hydrogen-bond donors (Lipinski definition) is 1. The fourth-order valence-corrected chi connectivity index (χ4v) is 3.86. The summed E-state index contributed by atoms with van der Waals surface area (Å²) in [5.74, 6) is -0.271. The van der Waals surface area contributed by atoms with Crippen LogP contribution in [0.1, 0.15) is 31.4 Å². The van der Waals surface area contributed by atoms with E-state index in [0.29, 0.717) is 17.6 Å². The average Bonchev–Trinajstić information content (AvgIpc) is 2.41. The zero-order chi connectivity index (χ0) is 15.6. The zero-order valence-corrected chi connectivity index (χ0v) is 14.5. The summed E-state index contributed by atoms with van der Waals surface area (Å²) >= 11 is 3.19. The Hall–Kier alpha value is -0.500. The third-order valence-corrected chi connectivity index (χ3v) is 5.76. The second kappa shape index (κ2) is 6.73. The van der Waals surface area contributed by atoms with Crippen LogP contribution in [-0.4, -0.2) is 38.1 Å². The summed E-state index contributed by atoms with van der Waals surface area (Å²) in [6.07, 6.45) is 2.83. The minimum absolute atomic E-state index is 0.0942. The van der Waals surface area contributed by atoms with Gasteiger partial charge in [0.25, 0.3) is 0 Å². The fourth-order valence-electron chi connectivity index (χ4n) is 2.59. The van der Waals surface area contributed by atoms with E-state index >= 15 is 0 Å². The number of sulfonamides is 1. The second-order valence-electron chi connectivity index (χ2n) is 5.50. The van der Waals surface area contributed by atoms with Gasteiger partial charge in [-0.05, 0) is 53.4 Å². The first-order chi connectivity index (χ1) is 9.77. The number of nitrogens with zero attached hydrogens (tertiary/aromatic N) is 1. The zero-order valence-electron chi connectivity index (χ0n) is 12.1. The Morgan fingerprint density at radius 3 is 2.52 bits per heavy atom. The van der Waals surface area contributed by atoms with Crippen LogP contribution < -0.4 is 5.32 Å². The molecule has 1 heterocycles. The first kappa shape index (κ1) is 16.9. The van der Waals surface area contributed by atoms with Crippen LogP contribution in [0.15, 0.2) is 22.7 Å². The van der Waals surface area contributed by atoms with E-state index < -0.39 is 10.0 Å². The van der Waals surface area contributed by atoms with Crippen LogP contribution >= 0.6 is 15.9 Å². The summed E-state index contributed by atoms with van der Waals surface area (Å²) < 4.78 is 38.2. The topological polar surface area (TPSA) is 49.4 Å². The molecule has 1 unspecified atom stereocenters. The lowest BCUT2D eigenvalue weighted by atomic mass is 10.0. The van der Waals surface area contributed by atoms with E-state index in [1.807, 2.05) is 6.92 Å². The molecule has 0 amide bonds. The van der Waals surface area contributed by atoms with Gasteiger partial charge in [0.1, 0.15) is 5.82 Å². The van der Waals surface area contributed by atoms with Crippen molar-refractivity contribution in [1.82, 2.24) is 9.62 Å². The molecule has 1 aromatic rings. The van der Waals surface area contributed by atoms with Crippen LogP contribution in [-0.2, 0) is 10.0 Å². The highest BCUT2D eigenvalue weighted by atomic mass is 79.9. The molecule has 1 aromatic carbocycles. The van der Waals surface area contributed by atoms with Gasteiger partial charge in [0.2, 0.25) is 10.0 Å². The van der Waals surface area contributed by atoms with Gasteiger partial charge in [0.15, 0.2) is 0 Å². The van der Waals surface area contributed by atoms with Crippen LogP contribution in [0.3, 0.4) is 0 Å². The lowest BCUT2D eigenvalue weighted by Gasteiger charge is -2.32. The molecule has 7 heteroatoms. The molecule has 0 saturated carbocycles. The summed E-state index contributed by atoms with van der Waals surface area (Å²) in [6, 6.07) is 5.37. The first-order valence-corrected chi connectivity index (χ1v) is 9.57. The molecule has 1 aliphatic rings. The van der Waals surface area contributed by atoms with Crippen LogP contribution in [0.4, 0.5) is 4.39 Å². The van der Waals surface area contributed by atoms with Gasteiger partial charge in [-0.3, -0.25) is 0 Å². The van der Waals surface area contributed by atoms with Gasteiger partial charge in [-0.25, -0.2) is 17.1 Å². The highest BCUT2D eigenvalue weighted by molar-refractivity contribution is 9.10. The third-order valence-electron chi connectivity index (χ3n) is 3.85. The number of halogens is 2. The van der Waals surface area contributed by atoms with Gasteiger partial charge in [-0.15, -0.1) is 0 Å². The third kappa shape index (κ3) is 4.48. The molecule has 21 heavy (non-hydrogen) atoms. The van der Waals surface area contributed by atoms with Crippen molar-refractivity contribution in [2.45, 2.75) is 31.8 Å². The minimum Gasteiger partial charge on any atom is -0.307 e. The van der Waals surface area contributed by atoms with Gasteiger partial charge >= 0.3 is 0 Å². The molecule has 4 nitrogen and oxygen atoms in total. The maximum Gasteiger partial charge on any atom is 0.211 e. The summed E-state index contributed by atoms with van der Waals surface area (Å²) in [5.41, 5.74) is 1.01. The Morgan fingerprint density at radius 2 is 2.00 bits per heavy atom. The first-order valence-electron chi connectivity index (χ1n) is 6.93. The molecule has 1 aliphatic heterocycles. The van der Waals surface area contributed by atoms with E-state index in [2.05, 4.69) is 21.2 Å². The van der Waals surface area contributed by atoms with Crippen molar-refractivity contribution in [3.05, 3.63) is 34.1 Å². The molecule has 0 radical (unpaired) electrons. The van der Waals surface area contributed by atoms with Crippen molar-refractivity contribution < 1.29 is 12.8 Å². The number of piperidine rings is 1. The van der Waals surface area contributed by atoms with Crippen molar-refractivity contribution in [2.24, 2.45) is 0 Å². The van der Waals surface area contributed by atoms with Crippen molar-refractivity contribution in [3.63, 3.8) is 0 Å². The van der Waals surface area contributed by atoms with Crippen LogP contribution in [0.5, 0.6) is 0 Å². The lowest BCUT2D eigenvalue weighted by molar-refractivity contribution is 0.278. The molecule has 1 atom stereocenters. The Bertz CT molecular complexity index is 601. The second-order valence-corrected chi connectivity index (χ2v) is 8.33. The molecule has 1 saturated heterocycles. The molecule has 2 rings (SSSR count). The van der Waals surface area contributed by atoms with Crippen LogP contribution in [0, 0.1) is 5.82 Å². The SMILES string of the molecule is CC(NC1CCN(S(C)(=O)=O)CC1)c1ccc(F)c(Br)c1. The molecular weight excluding hydrogens is 359 g/mol. The van der Waals surface area contributed by atoms with Crippen molar-refractivity contribution in [2.75, 3.05) is 19.3 Å². The minimum atomic E-state index is -3.08. The molecular formula is C14H20BrFN2O2S. The number of rotatable bonds is 4. The van der Waals surface area contributed by atoms with E-state index in [-0.39, 0.29) is 17.9 Å². The Labute approximate surface area is 133 Å². The predicted molar refractivity (Wildman–Crippen MR) is 85.1 cm³/mol. The molecule has 0 bridgehead atoms. The molecule has 0 aromatic heterocycles. The van der Waals surface area contributed by atoms with Crippen molar-refractivity contribution in [3.8, 4) is 0 Å². The normalized spacial score (nSPS) is 19.6. The smallest absolute Gasteiger partial charge is 0.211 e. The average molecular weight is 379 g/mol. The number of hydrogen-bond acceptors (Lipinski definition) is 3. The molecule has 1 N–H and O–H groups in total. The van der Waals surface area contributed by atoms with Gasteiger partial charge < -0.3 is 5.32 Å². The molecule has 0 aliphatic carbocycles. The number of nitrogens with one attached hydrogen (secondary N) is 1. The molecule has 1 fully saturated rings. The highest BCUT2D eigenvalue weighted by Gasteiger charge is 2.25. The number of benzene rings is 1. The van der Waals surface area contributed by atoms with E-state index in [4.69, 9.17) is 0 Å². The Kier molecular flexibility index (Phi) is 5.40. The standard InChI is InChI=1S/C14H20BrFN2O2S/c1-10(11-3-4-14(16)13(15)9-11)17-12-5-7-18(8-6-12)21(2,19)20/h3-4,9-10,12,17H,5-8H2,1-2H3. The van der Waals surface area contributed by atoms with E-state index in [1.165, 1.54) is 16.6 Å². The monoisotopic (exact) mass is 378 g/mol. The van der Waals surface area contributed by atoms with Crippen LogP contribution in [0.25, 0.3) is 0 Å². The maximum atomic E-state index is 13.2. The van der Waals surface area contributed by atoms with Crippen molar-refractivity contribution in [1.29, 1.82) is 0 Å².